The fourth-order valence-corrected chi connectivity index (χ4v) is 6.51. The molecule has 3 atom stereocenters. The summed E-state index contributed by atoms with van der Waals surface area (Å²) in [7, 11) is 0. The Hall–Kier alpha value is -4.63. The molecule has 6 rings (SSSR count). The second kappa shape index (κ2) is 10.6. The maximum atomic E-state index is 14.1. The predicted octanol–water partition coefficient (Wildman–Crippen LogP) is 5.71. The van der Waals surface area contributed by atoms with Crippen LogP contribution >= 0.6 is 0 Å². The van der Waals surface area contributed by atoms with Crippen molar-refractivity contribution < 1.29 is 33.7 Å². The summed E-state index contributed by atoms with van der Waals surface area (Å²) in [6.45, 7) is 8.69. The molecule has 43 heavy (non-hydrogen) atoms. The van der Waals surface area contributed by atoms with Gasteiger partial charge in [-0.2, -0.15) is 0 Å². The van der Waals surface area contributed by atoms with E-state index in [2.05, 4.69) is 6.58 Å². The van der Waals surface area contributed by atoms with Crippen LogP contribution in [0.15, 0.2) is 85.5 Å². The average molecular weight is 583 g/mol. The van der Waals surface area contributed by atoms with Crippen molar-refractivity contribution in [1.29, 1.82) is 0 Å². The Balaban J connectivity index is 1.37. The van der Waals surface area contributed by atoms with Crippen LogP contribution in [-0.4, -0.2) is 59.2 Å². The van der Waals surface area contributed by atoms with Crippen LogP contribution in [0, 0.1) is 0 Å². The van der Waals surface area contributed by atoms with Crippen molar-refractivity contribution in [3.05, 3.63) is 102 Å². The highest BCUT2D eigenvalue weighted by molar-refractivity contribution is 5.95. The molecule has 0 radical (unpaired) electrons. The lowest BCUT2D eigenvalue weighted by atomic mass is 9.91. The molecule has 0 bridgehead atoms. The smallest absolute Gasteiger partial charge is 0.416 e. The molecule has 3 aromatic carbocycles. The number of nitrogens with zero attached hydrogens (tertiary/aromatic N) is 2. The first-order valence-electron chi connectivity index (χ1n) is 14.3. The van der Waals surface area contributed by atoms with Crippen molar-refractivity contribution in [3.8, 4) is 11.1 Å². The van der Waals surface area contributed by atoms with Crippen molar-refractivity contribution in [2.75, 3.05) is 18.1 Å². The molecule has 9 heteroatoms. The van der Waals surface area contributed by atoms with E-state index in [9.17, 15) is 19.5 Å². The summed E-state index contributed by atoms with van der Waals surface area (Å²) in [5.74, 6) is -0.968. The minimum atomic E-state index is -1.78. The van der Waals surface area contributed by atoms with Gasteiger partial charge in [0.05, 0.1) is 5.69 Å². The van der Waals surface area contributed by atoms with Crippen molar-refractivity contribution in [1.82, 2.24) is 4.90 Å². The lowest BCUT2D eigenvalue weighted by Gasteiger charge is -2.36. The number of carbonyl (C=O) groups is 3. The highest BCUT2D eigenvalue weighted by atomic mass is 16.6. The zero-order valence-corrected chi connectivity index (χ0v) is 24.4. The van der Waals surface area contributed by atoms with Crippen LogP contribution in [0.4, 0.5) is 15.3 Å². The fourth-order valence-electron chi connectivity index (χ4n) is 6.51. The second-order valence-electron chi connectivity index (χ2n) is 12.0. The molecule has 1 N–H and O–H groups in total. The minimum absolute atomic E-state index is 0.0116. The number of carbonyl (C=O) groups excluding carboxylic acids is 3. The fraction of sp³-hybridized carbons (Fsp3) is 0.324. The molecule has 2 amide bonds. The summed E-state index contributed by atoms with van der Waals surface area (Å²) < 4.78 is 17.0. The van der Waals surface area contributed by atoms with Gasteiger partial charge in [0.1, 0.15) is 30.5 Å². The van der Waals surface area contributed by atoms with Gasteiger partial charge in [-0.3, -0.25) is 9.80 Å². The zero-order valence-electron chi connectivity index (χ0n) is 24.4. The quantitative estimate of drug-likeness (QED) is 0.233. The van der Waals surface area contributed by atoms with Gasteiger partial charge in [0, 0.05) is 17.9 Å². The van der Waals surface area contributed by atoms with Gasteiger partial charge >= 0.3 is 18.2 Å². The lowest BCUT2D eigenvalue weighted by Crippen LogP contribution is -2.57. The summed E-state index contributed by atoms with van der Waals surface area (Å²) in [4.78, 5) is 43.4. The van der Waals surface area contributed by atoms with Gasteiger partial charge in [0.2, 0.25) is 0 Å². The molecule has 0 aromatic heterocycles. The second-order valence-corrected chi connectivity index (χ2v) is 12.0. The van der Waals surface area contributed by atoms with Gasteiger partial charge in [-0.25, -0.2) is 14.4 Å². The number of anilines is 1. The van der Waals surface area contributed by atoms with Crippen LogP contribution in [0.25, 0.3) is 11.1 Å². The lowest BCUT2D eigenvalue weighted by molar-refractivity contribution is -0.147. The van der Waals surface area contributed by atoms with Crippen LogP contribution in [0.3, 0.4) is 0 Å². The molecule has 1 saturated heterocycles. The number of amides is 2. The molecule has 2 heterocycles. The Morgan fingerprint density at radius 3 is 2.16 bits per heavy atom. The first-order chi connectivity index (χ1) is 20.5. The van der Waals surface area contributed by atoms with Crippen LogP contribution in [0.1, 0.15) is 49.8 Å². The number of benzene rings is 3. The largest absolute Gasteiger partial charge is 0.460 e. The SMILES string of the molecule is C=CCOC(=O)[C@@H]1C[C@@]2(O)c3ccccc3N(C(=O)OC(C)(C)C)[C@H]2N1C(=O)OCC1c2ccccc2-c2ccccc21. The first-order valence-corrected chi connectivity index (χ1v) is 14.3. The molecule has 9 nitrogen and oxygen atoms in total. The molecule has 3 aliphatic rings. The topological polar surface area (TPSA) is 106 Å². The van der Waals surface area contributed by atoms with E-state index in [0.29, 0.717) is 11.3 Å². The van der Waals surface area contributed by atoms with Gasteiger partial charge in [0.25, 0.3) is 0 Å². The van der Waals surface area contributed by atoms with E-state index in [1.54, 1.807) is 45.0 Å². The number of esters is 1. The number of rotatable bonds is 5. The summed E-state index contributed by atoms with van der Waals surface area (Å²) >= 11 is 0. The van der Waals surface area contributed by atoms with E-state index < -0.39 is 41.6 Å². The van der Waals surface area contributed by atoms with Gasteiger partial charge in [0.15, 0.2) is 6.17 Å². The highest BCUT2D eigenvalue weighted by Crippen LogP contribution is 2.53. The molecule has 222 valence electrons. The maximum absolute atomic E-state index is 14.1. The molecule has 0 spiro atoms. The van der Waals surface area contributed by atoms with Crippen molar-refractivity contribution >= 4 is 23.8 Å². The molecule has 1 fully saturated rings. The van der Waals surface area contributed by atoms with Crippen LogP contribution in [0.5, 0.6) is 0 Å². The Morgan fingerprint density at radius 2 is 1.53 bits per heavy atom. The van der Waals surface area contributed by atoms with Crippen molar-refractivity contribution in [2.45, 2.75) is 56.5 Å². The Bertz CT molecular complexity index is 1570. The number of hydrogen-bond acceptors (Lipinski definition) is 7. The summed E-state index contributed by atoms with van der Waals surface area (Å²) in [5.41, 5.74) is 2.35. The van der Waals surface area contributed by atoms with E-state index in [1.165, 1.54) is 11.0 Å². The monoisotopic (exact) mass is 582 g/mol. The van der Waals surface area contributed by atoms with E-state index in [4.69, 9.17) is 14.2 Å². The minimum Gasteiger partial charge on any atom is -0.460 e. The predicted molar refractivity (Wildman–Crippen MR) is 159 cm³/mol. The van der Waals surface area contributed by atoms with Crippen LogP contribution in [-0.2, 0) is 24.6 Å². The van der Waals surface area contributed by atoms with Gasteiger partial charge in [-0.05, 0) is 49.1 Å². The number of hydrogen-bond donors (Lipinski definition) is 1. The molecule has 0 unspecified atom stereocenters. The van der Waals surface area contributed by atoms with E-state index in [-0.39, 0.29) is 25.6 Å². The molecular formula is C34H34N2O7. The third kappa shape index (κ3) is 4.73. The first kappa shape index (κ1) is 28.5. The van der Waals surface area contributed by atoms with E-state index >= 15 is 0 Å². The van der Waals surface area contributed by atoms with Gasteiger partial charge in [-0.15, -0.1) is 0 Å². The third-order valence-electron chi connectivity index (χ3n) is 8.16. The van der Waals surface area contributed by atoms with Gasteiger partial charge < -0.3 is 19.3 Å². The van der Waals surface area contributed by atoms with E-state index in [1.807, 2.05) is 48.5 Å². The van der Waals surface area contributed by atoms with E-state index in [0.717, 1.165) is 27.2 Å². The van der Waals surface area contributed by atoms with Crippen molar-refractivity contribution in [3.63, 3.8) is 0 Å². The van der Waals surface area contributed by atoms with Crippen molar-refractivity contribution in [2.24, 2.45) is 0 Å². The van der Waals surface area contributed by atoms with Crippen LogP contribution in [0.2, 0.25) is 0 Å². The molecule has 2 aliphatic heterocycles. The van der Waals surface area contributed by atoms with Crippen LogP contribution < -0.4 is 4.90 Å². The zero-order chi connectivity index (χ0) is 30.5. The summed E-state index contributed by atoms with van der Waals surface area (Å²) in [6, 6.07) is 21.5. The Morgan fingerprint density at radius 1 is 0.930 bits per heavy atom. The molecule has 0 saturated carbocycles. The molecular weight excluding hydrogens is 548 g/mol. The number of fused-ring (bicyclic) bond motifs is 6. The maximum Gasteiger partial charge on any atom is 0.416 e. The summed E-state index contributed by atoms with van der Waals surface area (Å²) in [6.07, 6.45) is -1.71. The average Bonchev–Trinajstić information content (AvgIpc) is 3.56. The molecule has 1 aliphatic carbocycles. The molecule has 3 aromatic rings. The third-order valence-corrected chi connectivity index (χ3v) is 8.16. The normalized spacial score (nSPS) is 21.9. The standard InChI is InChI=1S/C34H34N2O7/c1-5-18-41-29(37)28-19-34(40)26-16-10-11-17-27(26)35(32(39)43-33(2,3)4)30(34)36(28)31(38)42-20-25-23-14-8-6-12-21(23)22-13-7-9-15-24(22)25/h5-17,25,28,30,40H,1,18-20H2,2-4H3/t28-,30-,34+/m0/s1. The number of aliphatic hydroxyl groups is 1. The highest BCUT2D eigenvalue weighted by Gasteiger charge is 2.66. The summed E-state index contributed by atoms with van der Waals surface area (Å²) in [5, 5.41) is 12.2. The van der Waals surface area contributed by atoms with Gasteiger partial charge in [-0.1, -0.05) is 79.4 Å². The Labute approximate surface area is 250 Å². The number of ether oxygens (including phenoxy) is 3. The number of likely N-dealkylation sites (tertiary alicyclic amines) is 1. The Kier molecular flexibility index (Phi) is 7.01. The number of para-hydroxylation sites is 1.